The molecule has 0 saturated carbocycles. The lowest BCUT2D eigenvalue weighted by Gasteiger charge is -2.36. The summed E-state index contributed by atoms with van der Waals surface area (Å²) in [5.74, 6) is -0.500. The molecule has 0 aromatic heterocycles. The van der Waals surface area contributed by atoms with Gasteiger partial charge < -0.3 is 36.1 Å². The van der Waals surface area contributed by atoms with Gasteiger partial charge in [-0.25, -0.2) is 4.79 Å². The van der Waals surface area contributed by atoms with E-state index in [-0.39, 0.29) is 36.2 Å². The molecule has 4 aromatic rings. The largest absolute Gasteiger partial charge is 0.478 e. The number of carbonyl (C=O) groups is 3. The zero-order valence-electron chi connectivity index (χ0n) is 27.8. The summed E-state index contributed by atoms with van der Waals surface area (Å²) in [6, 6.07) is 29.1. The highest BCUT2D eigenvalue weighted by molar-refractivity contribution is 7.99. The van der Waals surface area contributed by atoms with Crippen molar-refractivity contribution in [3.8, 4) is 0 Å². The first-order valence-electron chi connectivity index (χ1n) is 16.8. The second kappa shape index (κ2) is 18.4. The summed E-state index contributed by atoms with van der Waals surface area (Å²) >= 11 is 1.59. The number of carboxylic acid groups (broad SMARTS) is 1. The highest BCUT2D eigenvalue weighted by atomic mass is 32.2. The molecule has 10 nitrogen and oxygen atoms in total. The molecule has 50 heavy (non-hydrogen) atoms. The van der Waals surface area contributed by atoms with Gasteiger partial charge in [-0.05, 0) is 72.5 Å². The van der Waals surface area contributed by atoms with Gasteiger partial charge in [0.25, 0.3) is 0 Å². The summed E-state index contributed by atoms with van der Waals surface area (Å²) in [5, 5.41) is 24.5. The van der Waals surface area contributed by atoms with Crippen molar-refractivity contribution >= 4 is 46.6 Å². The maximum atomic E-state index is 12.8. The number of nitrogens with one attached hydrogen (secondary N) is 2. The first-order valence-corrected chi connectivity index (χ1v) is 17.8. The van der Waals surface area contributed by atoms with Crippen LogP contribution in [-0.4, -0.2) is 39.9 Å². The molecule has 1 saturated heterocycles. The van der Waals surface area contributed by atoms with Crippen molar-refractivity contribution in [2.45, 2.75) is 74.9 Å². The van der Waals surface area contributed by atoms with Gasteiger partial charge in [-0.1, -0.05) is 61.4 Å². The Kier molecular flexibility index (Phi) is 13.4. The summed E-state index contributed by atoms with van der Waals surface area (Å²) in [5.41, 5.74) is 10.5. The molecule has 5 rings (SSSR count). The number of hydrogen-bond acceptors (Lipinski definition) is 8. The van der Waals surface area contributed by atoms with Crippen molar-refractivity contribution in [2.75, 3.05) is 22.1 Å². The molecule has 0 radical (unpaired) electrons. The van der Waals surface area contributed by atoms with Gasteiger partial charge in [0, 0.05) is 41.2 Å². The third kappa shape index (κ3) is 10.9. The SMILES string of the molecule is Nc1ccccc1NC(=O)CCCCCCC(=O)Nc1cccc([C@@H]2O[C@H](CSc3ccc(C(=O)O)cc3)C[C@H](c3ccc(CO)cc3)O2)c1. The number of amides is 2. The van der Waals surface area contributed by atoms with E-state index in [0.717, 1.165) is 40.8 Å². The molecule has 3 atom stereocenters. The van der Waals surface area contributed by atoms with E-state index >= 15 is 0 Å². The van der Waals surface area contributed by atoms with Crippen molar-refractivity contribution in [3.63, 3.8) is 0 Å². The molecule has 11 heteroatoms. The molecule has 0 unspecified atom stereocenters. The topological polar surface area (TPSA) is 160 Å². The number of thioether (sulfide) groups is 1. The highest BCUT2D eigenvalue weighted by Gasteiger charge is 2.32. The molecule has 0 aliphatic carbocycles. The monoisotopic (exact) mass is 697 g/mol. The van der Waals surface area contributed by atoms with Crippen LogP contribution in [0.15, 0.2) is 102 Å². The van der Waals surface area contributed by atoms with Gasteiger partial charge in [0.15, 0.2) is 6.29 Å². The van der Waals surface area contributed by atoms with Crippen LogP contribution in [0.4, 0.5) is 17.1 Å². The predicted molar refractivity (Wildman–Crippen MR) is 195 cm³/mol. The normalized spacial score (nSPS) is 17.2. The number of hydrogen-bond donors (Lipinski definition) is 5. The van der Waals surface area contributed by atoms with Crippen molar-refractivity contribution < 1.29 is 34.1 Å². The van der Waals surface area contributed by atoms with Gasteiger partial charge in [0.05, 0.1) is 35.8 Å². The minimum atomic E-state index is -0.963. The second-order valence-corrected chi connectivity index (χ2v) is 13.3. The second-order valence-electron chi connectivity index (χ2n) is 12.2. The van der Waals surface area contributed by atoms with E-state index in [1.807, 2.05) is 60.7 Å². The fraction of sp³-hybridized carbons (Fsp3) is 0.308. The number of carbonyl (C=O) groups excluding carboxylic acids is 2. The average molecular weight is 698 g/mol. The Hall–Kier alpha value is -4.68. The number of benzene rings is 4. The first kappa shape index (κ1) is 36.6. The number of aliphatic hydroxyl groups is 1. The Morgan fingerprint density at radius 1 is 0.780 bits per heavy atom. The summed E-state index contributed by atoms with van der Waals surface area (Å²) in [6.45, 7) is -0.0415. The van der Waals surface area contributed by atoms with E-state index in [9.17, 15) is 24.6 Å². The number of aromatic carboxylic acids is 1. The van der Waals surface area contributed by atoms with Crippen LogP contribution in [0, 0.1) is 0 Å². The molecule has 262 valence electrons. The maximum Gasteiger partial charge on any atom is 0.335 e. The van der Waals surface area contributed by atoms with E-state index in [0.29, 0.717) is 48.5 Å². The first-order chi connectivity index (χ1) is 24.3. The van der Waals surface area contributed by atoms with Gasteiger partial charge in [-0.3, -0.25) is 9.59 Å². The number of unbranched alkanes of at least 4 members (excludes halogenated alkanes) is 3. The Morgan fingerprint density at radius 3 is 2.16 bits per heavy atom. The number of nitrogen functional groups attached to an aromatic ring is 1. The Morgan fingerprint density at radius 2 is 1.48 bits per heavy atom. The Labute approximate surface area is 296 Å². The quantitative estimate of drug-likeness (QED) is 0.0449. The van der Waals surface area contributed by atoms with Crippen molar-refractivity contribution in [2.24, 2.45) is 0 Å². The number of para-hydroxylation sites is 2. The van der Waals surface area contributed by atoms with Crippen LogP contribution in [0.1, 0.15) is 84.4 Å². The lowest BCUT2D eigenvalue weighted by molar-refractivity contribution is -0.245. The third-order valence-electron chi connectivity index (χ3n) is 8.39. The Balaban J connectivity index is 1.13. The molecule has 4 aromatic carbocycles. The molecule has 1 heterocycles. The zero-order valence-corrected chi connectivity index (χ0v) is 28.6. The van der Waals surface area contributed by atoms with E-state index < -0.39 is 12.3 Å². The molecule has 1 aliphatic rings. The lowest BCUT2D eigenvalue weighted by Crippen LogP contribution is -2.31. The van der Waals surface area contributed by atoms with Gasteiger partial charge >= 0.3 is 5.97 Å². The van der Waals surface area contributed by atoms with E-state index in [2.05, 4.69) is 10.6 Å². The average Bonchev–Trinajstić information content (AvgIpc) is 3.13. The van der Waals surface area contributed by atoms with Gasteiger partial charge in [-0.2, -0.15) is 0 Å². The van der Waals surface area contributed by atoms with Crippen LogP contribution in [0.3, 0.4) is 0 Å². The molecule has 1 fully saturated rings. The van der Waals surface area contributed by atoms with Crippen LogP contribution < -0.4 is 16.4 Å². The van der Waals surface area contributed by atoms with E-state index in [4.69, 9.17) is 15.2 Å². The van der Waals surface area contributed by atoms with Crippen LogP contribution >= 0.6 is 11.8 Å². The number of nitrogens with two attached hydrogens (primary N) is 1. The van der Waals surface area contributed by atoms with Crippen LogP contribution in [-0.2, 0) is 25.7 Å². The summed E-state index contributed by atoms with van der Waals surface area (Å²) in [4.78, 5) is 37.2. The van der Waals surface area contributed by atoms with Crippen molar-refractivity contribution in [1.29, 1.82) is 0 Å². The summed E-state index contributed by atoms with van der Waals surface area (Å²) < 4.78 is 12.9. The molecule has 1 aliphatic heterocycles. The minimum Gasteiger partial charge on any atom is -0.478 e. The van der Waals surface area contributed by atoms with Crippen molar-refractivity contribution in [3.05, 3.63) is 119 Å². The summed E-state index contributed by atoms with van der Waals surface area (Å²) in [6.07, 6.45) is 3.36. The predicted octanol–water partition coefficient (Wildman–Crippen LogP) is 7.71. The number of ether oxygens (including phenoxy) is 2. The number of aliphatic hydroxyl groups excluding tert-OH is 1. The number of anilines is 3. The minimum absolute atomic E-state index is 0.0415. The van der Waals surface area contributed by atoms with Crippen LogP contribution in [0.5, 0.6) is 0 Å². The summed E-state index contributed by atoms with van der Waals surface area (Å²) in [7, 11) is 0. The molecule has 6 N–H and O–H groups in total. The Bertz CT molecular complexity index is 1730. The van der Waals surface area contributed by atoms with Gasteiger partial charge in [-0.15, -0.1) is 11.8 Å². The molecule has 2 amide bonds. The van der Waals surface area contributed by atoms with Gasteiger partial charge in [0.2, 0.25) is 11.8 Å². The number of rotatable bonds is 16. The van der Waals surface area contributed by atoms with Crippen molar-refractivity contribution in [1.82, 2.24) is 0 Å². The zero-order chi connectivity index (χ0) is 35.3. The molecular weight excluding hydrogens is 655 g/mol. The van der Waals surface area contributed by atoms with Crippen LogP contribution in [0.2, 0.25) is 0 Å². The van der Waals surface area contributed by atoms with Crippen LogP contribution in [0.25, 0.3) is 0 Å². The lowest BCUT2D eigenvalue weighted by atomic mass is 10.0. The smallest absolute Gasteiger partial charge is 0.335 e. The number of carboxylic acids is 1. The van der Waals surface area contributed by atoms with Gasteiger partial charge in [0.1, 0.15) is 0 Å². The maximum absolute atomic E-state index is 12.8. The molecule has 0 bridgehead atoms. The highest BCUT2D eigenvalue weighted by Crippen LogP contribution is 2.40. The fourth-order valence-electron chi connectivity index (χ4n) is 5.64. The molecule has 0 spiro atoms. The third-order valence-corrected chi connectivity index (χ3v) is 9.53. The molecular formula is C39H43N3O7S. The van der Waals surface area contributed by atoms with E-state index in [1.54, 1.807) is 48.2 Å². The van der Waals surface area contributed by atoms with E-state index in [1.165, 1.54) is 0 Å². The standard InChI is InChI=1S/C39H43N3O7S/c40-33-10-5-6-11-34(33)42-37(45)13-4-2-1-3-12-36(44)41-30-9-7-8-29(22-30)39-48-31(25-50-32-20-18-28(19-21-32)38(46)47)23-35(49-39)27-16-14-26(24-43)15-17-27/h5-11,14-22,31,35,39,43H,1-4,12-13,23-25,40H2,(H,41,44)(H,42,45)(H,46,47)/t31-,35+,39+/m0/s1. The fourth-order valence-corrected chi connectivity index (χ4v) is 6.56.